The van der Waals surface area contributed by atoms with Crippen LogP contribution in [0.2, 0.25) is 0 Å². The van der Waals surface area contributed by atoms with Crippen molar-refractivity contribution in [3.63, 3.8) is 0 Å². The van der Waals surface area contributed by atoms with E-state index >= 15 is 0 Å². The van der Waals surface area contributed by atoms with E-state index in [0.29, 0.717) is 18.2 Å². The van der Waals surface area contributed by atoms with Crippen LogP contribution in [0.25, 0.3) is 0 Å². The fourth-order valence-electron chi connectivity index (χ4n) is 3.56. The molecule has 25 heavy (non-hydrogen) atoms. The predicted molar refractivity (Wildman–Crippen MR) is 94.9 cm³/mol. The van der Waals surface area contributed by atoms with Crippen LogP contribution in [0, 0.1) is 0 Å². The highest BCUT2D eigenvalue weighted by Gasteiger charge is 2.27. The SMILES string of the molecule is CC(C)c1nnc2n1CC(NC(=O)c1n[nH]c3c1CNCC3)CC2.Cl. The summed E-state index contributed by atoms with van der Waals surface area (Å²) >= 11 is 0. The van der Waals surface area contributed by atoms with Gasteiger partial charge in [0.05, 0.1) is 0 Å². The topological polar surface area (TPSA) is 101 Å². The molecule has 1 amide bonds. The summed E-state index contributed by atoms with van der Waals surface area (Å²) in [5.41, 5.74) is 2.60. The molecule has 0 saturated heterocycles. The molecule has 9 heteroatoms. The molecule has 1 unspecified atom stereocenters. The molecule has 8 nitrogen and oxygen atoms in total. The summed E-state index contributed by atoms with van der Waals surface area (Å²) in [6.45, 7) is 6.58. The van der Waals surface area contributed by atoms with E-state index in [4.69, 9.17) is 0 Å². The van der Waals surface area contributed by atoms with Crippen molar-refractivity contribution in [2.45, 2.75) is 58.2 Å². The van der Waals surface area contributed by atoms with E-state index < -0.39 is 0 Å². The number of carbonyl (C=O) groups is 1. The van der Waals surface area contributed by atoms with Gasteiger partial charge in [0, 0.05) is 55.7 Å². The Morgan fingerprint density at radius 3 is 2.96 bits per heavy atom. The van der Waals surface area contributed by atoms with Crippen LogP contribution in [0.15, 0.2) is 0 Å². The van der Waals surface area contributed by atoms with Crippen LogP contribution in [0.3, 0.4) is 0 Å². The first-order valence-corrected chi connectivity index (χ1v) is 8.63. The average molecular weight is 366 g/mol. The zero-order valence-corrected chi connectivity index (χ0v) is 15.3. The second-order valence-electron chi connectivity index (χ2n) is 6.90. The molecule has 2 aliphatic rings. The van der Waals surface area contributed by atoms with Crippen molar-refractivity contribution in [2.75, 3.05) is 6.54 Å². The van der Waals surface area contributed by atoms with E-state index in [1.54, 1.807) is 0 Å². The molecule has 4 heterocycles. The smallest absolute Gasteiger partial charge is 0.272 e. The molecule has 0 saturated carbocycles. The van der Waals surface area contributed by atoms with Crippen LogP contribution in [0.4, 0.5) is 0 Å². The largest absolute Gasteiger partial charge is 0.346 e. The van der Waals surface area contributed by atoms with E-state index in [-0.39, 0.29) is 24.4 Å². The van der Waals surface area contributed by atoms with Crippen molar-refractivity contribution >= 4 is 18.3 Å². The van der Waals surface area contributed by atoms with E-state index in [1.165, 1.54) is 0 Å². The number of halogens is 1. The highest BCUT2D eigenvalue weighted by atomic mass is 35.5. The van der Waals surface area contributed by atoms with Crippen LogP contribution in [0.5, 0.6) is 0 Å². The number of amides is 1. The van der Waals surface area contributed by atoms with Crippen LogP contribution in [-0.4, -0.2) is 43.5 Å². The van der Waals surface area contributed by atoms with Gasteiger partial charge in [-0.1, -0.05) is 13.8 Å². The lowest BCUT2D eigenvalue weighted by Gasteiger charge is -2.26. The normalized spacial score (nSPS) is 19.1. The van der Waals surface area contributed by atoms with Gasteiger partial charge in [-0.15, -0.1) is 22.6 Å². The summed E-state index contributed by atoms with van der Waals surface area (Å²) in [6, 6.07) is 0.0856. The van der Waals surface area contributed by atoms with Crippen LogP contribution >= 0.6 is 12.4 Å². The van der Waals surface area contributed by atoms with Gasteiger partial charge in [0.1, 0.15) is 11.6 Å². The van der Waals surface area contributed by atoms with Gasteiger partial charge < -0.3 is 15.2 Å². The lowest BCUT2D eigenvalue weighted by Crippen LogP contribution is -2.42. The number of nitrogens with zero attached hydrogens (tertiary/aromatic N) is 4. The van der Waals surface area contributed by atoms with E-state index in [0.717, 1.165) is 55.3 Å². The standard InChI is InChI=1S/C16H23N7O.ClH/c1-9(2)15-22-20-13-4-3-10(8-23(13)15)18-16(24)14-11-7-17-6-5-12(11)19-21-14;/h9-10,17H,3-8H2,1-2H3,(H,18,24)(H,19,21);1H. The Balaban J connectivity index is 0.00000182. The number of hydrogen-bond acceptors (Lipinski definition) is 5. The average Bonchev–Trinajstić information content (AvgIpc) is 3.18. The number of fused-ring (bicyclic) bond motifs is 2. The molecular weight excluding hydrogens is 342 g/mol. The van der Waals surface area contributed by atoms with Crippen LogP contribution in [-0.2, 0) is 25.9 Å². The summed E-state index contributed by atoms with van der Waals surface area (Å²) in [6.07, 6.45) is 2.61. The van der Waals surface area contributed by atoms with Crippen LogP contribution in [0.1, 0.15) is 59.6 Å². The zero-order valence-electron chi connectivity index (χ0n) is 14.5. The number of H-pyrrole nitrogens is 1. The second kappa shape index (κ2) is 7.13. The summed E-state index contributed by atoms with van der Waals surface area (Å²) in [7, 11) is 0. The van der Waals surface area contributed by atoms with Gasteiger partial charge in [0.2, 0.25) is 0 Å². The van der Waals surface area contributed by atoms with Gasteiger partial charge in [-0.2, -0.15) is 5.10 Å². The summed E-state index contributed by atoms with van der Waals surface area (Å²) in [4.78, 5) is 12.7. The second-order valence-corrected chi connectivity index (χ2v) is 6.90. The fraction of sp³-hybridized carbons (Fsp3) is 0.625. The van der Waals surface area contributed by atoms with E-state index in [1.807, 2.05) is 0 Å². The molecule has 2 aromatic heterocycles. The lowest BCUT2D eigenvalue weighted by atomic mass is 10.0. The Kier molecular flexibility index (Phi) is 5.10. The highest BCUT2D eigenvalue weighted by molar-refractivity contribution is 5.94. The van der Waals surface area contributed by atoms with Gasteiger partial charge >= 0.3 is 0 Å². The van der Waals surface area contributed by atoms with Gasteiger partial charge in [-0.05, 0) is 6.42 Å². The number of aryl methyl sites for hydroxylation is 1. The Hall–Kier alpha value is -1.93. The number of nitrogens with one attached hydrogen (secondary N) is 3. The van der Waals surface area contributed by atoms with Gasteiger partial charge in [-0.25, -0.2) is 0 Å². The summed E-state index contributed by atoms with van der Waals surface area (Å²) < 4.78 is 2.15. The zero-order chi connectivity index (χ0) is 16.7. The van der Waals surface area contributed by atoms with Crippen molar-refractivity contribution in [1.82, 2.24) is 35.6 Å². The van der Waals surface area contributed by atoms with Gasteiger partial charge in [0.25, 0.3) is 5.91 Å². The maximum absolute atomic E-state index is 12.7. The van der Waals surface area contributed by atoms with Crippen LogP contribution < -0.4 is 10.6 Å². The lowest BCUT2D eigenvalue weighted by molar-refractivity contribution is 0.0921. The molecule has 0 aliphatic carbocycles. The molecule has 2 aromatic rings. The third kappa shape index (κ3) is 3.28. The molecule has 1 atom stereocenters. The number of aromatic nitrogens is 5. The molecule has 2 aliphatic heterocycles. The Bertz CT molecular complexity index is 767. The molecule has 0 spiro atoms. The third-order valence-electron chi connectivity index (χ3n) is 4.85. The minimum absolute atomic E-state index is 0. The summed E-state index contributed by atoms with van der Waals surface area (Å²) in [5, 5.41) is 22.2. The molecule has 0 bridgehead atoms. The van der Waals surface area contributed by atoms with Crippen molar-refractivity contribution < 1.29 is 4.79 Å². The molecule has 4 rings (SSSR count). The number of hydrogen-bond donors (Lipinski definition) is 3. The van der Waals surface area contributed by atoms with E-state index in [2.05, 4.69) is 49.4 Å². The first-order valence-electron chi connectivity index (χ1n) is 8.63. The predicted octanol–water partition coefficient (Wildman–Crippen LogP) is 0.937. The first kappa shape index (κ1) is 17.9. The Morgan fingerprint density at radius 1 is 1.32 bits per heavy atom. The minimum Gasteiger partial charge on any atom is -0.346 e. The molecule has 0 radical (unpaired) electrons. The van der Waals surface area contributed by atoms with Crippen molar-refractivity contribution in [2.24, 2.45) is 0 Å². The maximum Gasteiger partial charge on any atom is 0.272 e. The summed E-state index contributed by atoms with van der Waals surface area (Å²) in [5.74, 6) is 2.24. The molecule has 136 valence electrons. The highest BCUT2D eigenvalue weighted by Crippen LogP contribution is 2.21. The molecule has 0 fully saturated rings. The van der Waals surface area contributed by atoms with E-state index in [9.17, 15) is 4.79 Å². The number of aromatic amines is 1. The quantitative estimate of drug-likeness (QED) is 0.751. The first-order chi connectivity index (χ1) is 11.6. The van der Waals surface area contributed by atoms with Crippen molar-refractivity contribution in [3.05, 3.63) is 28.6 Å². The maximum atomic E-state index is 12.7. The number of rotatable bonds is 3. The third-order valence-corrected chi connectivity index (χ3v) is 4.85. The molecule has 0 aromatic carbocycles. The molecule has 3 N–H and O–H groups in total. The Morgan fingerprint density at radius 2 is 2.16 bits per heavy atom. The number of carbonyl (C=O) groups excluding carboxylic acids is 1. The molecular formula is C16H24ClN7O. The fourth-order valence-corrected chi connectivity index (χ4v) is 3.56. The van der Waals surface area contributed by atoms with Gasteiger partial charge in [-0.3, -0.25) is 9.89 Å². The Labute approximate surface area is 152 Å². The monoisotopic (exact) mass is 365 g/mol. The van der Waals surface area contributed by atoms with Crippen molar-refractivity contribution in [1.29, 1.82) is 0 Å². The minimum atomic E-state index is -0.0937. The van der Waals surface area contributed by atoms with Gasteiger partial charge in [0.15, 0.2) is 5.69 Å². The van der Waals surface area contributed by atoms with Crippen molar-refractivity contribution in [3.8, 4) is 0 Å².